The Morgan fingerprint density at radius 2 is 2.00 bits per heavy atom. The van der Waals surface area contributed by atoms with Crippen molar-refractivity contribution in [3.05, 3.63) is 60.6 Å². The van der Waals surface area contributed by atoms with E-state index in [0.717, 1.165) is 28.5 Å². The summed E-state index contributed by atoms with van der Waals surface area (Å²) in [6.07, 6.45) is 5.51. The summed E-state index contributed by atoms with van der Waals surface area (Å²) >= 11 is 0. The lowest BCUT2D eigenvalue weighted by Gasteiger charge is -2.07. The Kier molecular flexibility index (Phi) is 2.76. The van der Waals surface area contributed by atoms with Crippen LogP contribution >= 0.6 is 0 Å². The number of aromatic nitrogens is 3. The molecule has 19 heavy (non-hydrogen) atoms. The van der Waals surface area contributed by atoms with E-state index in [9.17, 15) is 0 Å². The molecule has 3 aromatic rings. The van der Waals surface area contributed by atoms with Crippen molar-refractivity contribution in [2.75, 3.05) is 5.73 Å². The molecule has 94 valence electrons. The number of pyridine rings is 1. The van der Waals surface area contributed by atoms with E-state index in [0.29, 0.717) is 0 Å². The smallest absolute Gasteiger partial charge is 0.145 e. The molecule has 0 aliphatic carbocycles. The van der Waals surface area contributed by atoms with Gasteiger partial charge in [-0.05, 0) is 30.7 Å². The van der Waals surface area contributed by atoms with Crippen LogP contribution in [0.4, 0.5) is 5.69 Å². The predicted octanol–water partition coefficient (Wildman–Crippen LogP) is 2.82. The van der Waals surface area contributed by atoms with Crippen molar-refractivity contribution in [3.63, 3.8) is 0 Å². The normalized spacial score (nSPS) is 10.6. The van der Waals surface area contributed by atoms with Crippen LogP contribution in [0.5, 0.6) is 0 Å². The third-order valence-electron chi connectivity index (χ3n) is 2.93. The van der Waals surface area contributed by atoms with E-state index in [2.05, 4.69) is 9.97 Å². The second kappa shape index (κ2) is 4.57. The van der Waals surface area contributed by atoms with Crippen molar-refractivity contribution in [1.29, 1.82) is 0 Å². The SMILES string of the molecule is Cc1ccc(-n2ccnc2-c2cccc(N)c2)nc1. The zero-order chi connectivity index (χ0) is 13.2. The summed E-state index contributed by atoms with van der Waals surface area (Å²) in [5, 5.41) is 0. The van der Waals surface area contributed by atoms with Gasteiger partial charge in [-0.25, -0.2) is 9.97 Å². The average Bonchev–Trinajstić information content (AvgIpc) is 2.89. The topological polar surface area (TPSA) is 56.7 Å². The Hall–Kier alpha value is -2.62. The summed E-state index contributed by atoms with van der Waals surface area (Å²) < 4.78 is 1.95. The van der Waals surface area contributed by atoms with Gasteiger partial charge in [0.05, 0.1) is 0 Å². The highest BCUT2D eigenvalue weighted by molar-refractivity contribution is 5.62. The molecule has 2 N–H and O–H groups in total. The van der Waals surface area contributed by atoms with Gasteiger partial charge < -0.3 is 5.73 Å². The van der Waals surface area contributed by atoms with Gasteiger partial charge >= 0.3 is 0 Å². The van der Waals surface area contributed by atoms with Gasteiger partial charge in [0.2, 0.25) is 0 Å². The number of nitrogens with zero attached hydrogens (tertiary/aromatic N) is 3. The van der Waals surface area contributed by atoms with Crippen LogP contribution in [0.25, 0.3) is 17.2 Å². The molecule has 3 rings (SSSR count). The Morgan fingerprint density at radius 3 is 2.74 bits per heavy atom. The average molecular weight is 250 g/mol. The second-order valence-electron chi connectivity index (χ2n) is 4.44. The number of hydrogen-bond donors (Lipinski definition) is 1. The molecule has 0 bridgehead atoms. The van der Waals surface area contributed by atoms with Crippen LogP contribution in [-0.2, 0) is 0 Å². The first-order chi connectivity index (χ1) is 9.24. The number of benzene rings is 1. The van der Waals surface area contributed by atoms with Crippen LogP contribution in [0.1, 0.15) is 5.56 Å². The van der Waals surface area contributed by atoms with Gasteiger partial charge in [-0.3, -0.25) is 4.57 Å². The first kappa shape index (κ1) is 11.5. The van der Waals surface area contributed by atoms with Crippen LogP contribution in [0, 0.1) is 6.92 Å². The second-order valence-corrected chi connectivity index (χ2v) is 4.44. The molecule has 0 saturated heterocycles. The van der Waals surface area contributed by atoms with Gasteiger partial charge in [0.15, 0.2) is 0 Å². The minimum absolute atomic E-state index is 0.726. The quantitative estimate of drug-likeness (QED) is 0.711. The summed E-state index contributed by atoms with van der Waals surface area (Å²) in [4.78, 5) is 8.81. The van der Waals surface area contributed by atoms with E-state index in [4.69, 9.17) is 5.73 Å². The zero-order valence-electron chi connectivity index (χ0n) is 10.6. The van der Waals surface area contributed by atoms with E-state index < -0.39 is 0 Å². The fraction of sp³-hybridized carbons (Fsp3) is 0.0667. The molecule has 0 aliphatic heterocycles. The third-order valence-corrected chi connectivity index (χ3v) is 2.93. The maximum Gasteiger partial charge on any atom is 0.145 e. The van der Waals surface area contributed by atoms with Crippen molar-refractivity contribution in [1.82, 2.24) is 14.5 Å². The monoisotopic (exact) mass is 250 g/mol. The van der Waals surface area contributed by atoms with E-state index in [-0.39, 0.29) is 0 Å². The molecule has 0 radical (unpaired) electrons. The fourth-order valence-corrected chi connectivity index (χ4v) is 1.98. The Morgan fingerprint density at radius 1 is 1.11 bits per heavy atom. The van der Waals surface area contributed by atoms with Crippen LogP contribution in [0.3, 0.4) is 0 Å². The van der Waals surface area contributed by atoms with Gasteiger partial charge in [-0.2, -0.15) is 0 Å². The van der Waals surface area contributed by atoms with Gasteiger partial charge in [0.25, 0.3) is 0 Å². The lowest BCUT2D eigenvalue weighted by Crippen LogP contribution is -1.99. The van der Waals surface area contributed by atoms with E-state index in [1.165, 1.54) is 0 Å². The number of aryl methyl sites for hydroxylation is 1. The Bertz CT molecular complexity index is 698. The van der Waals surface area contributed by atoms with Crippen molar-refractivity contribution < 1.29 is 0 Å². The van der Waals surface area contributed by atoms with Crippen molar-refractivity contribution >= 4 is 5.69 Å². The molecular formula is C15H14N4. The number of nitrogens with two attached hydrogens (primary N) is 1. The van der Waals surface area contributed by atoms with Crippen LogP contribution in [0.2, 0.25) is 0 Å². The molecule has 4 heteroatoms. The third kappa shape index (κ3) is 2.20. The zero-order valence-corrected chi connectivity index (χ0v) is 10.6. The molecule has 0 saturated carbocycles. The number of imidazole rings is 1. The number of rotatable bonds is 2. The Labute approximate surface area is 111 Å². The highest BCUT2D eigenvalue weighted by Gasteiger charge is 2.08. The highest BCUT2D eigenvalue weighted by Crippen LogP contribution is 2.22. The first-order valence-electron chi connectivity index (χ1n) is 6.06. The summed E-state index contributed by atoms with van der Waals surface area (Å²) in [6.45, 7) is 2.02. The van der Waals surface area contributed by atoms with Crippen molar-refractivity contribution in [3.8, 4) is 17.2 Å². The minimum Gasteiger partial charge on any atom is -0.399 e. The van der Waals surface area contributed by atoms with Crippen LogP contribution in [-0.4, -0.2) is 14.5 Å². The predicted molar refractivity (Wildman–Crippen MR) is 75.9 cm³/mol. The number of anilines is 1. The maximum absolute atomic E-state index is 5.82. The summed E-state index contributed by atoms with van der Waals surface area (Å²) in [7, 11) is 0. The first-order valence-corrected chi connectivity index (χ1v) is 6.06. The molecule has 2 heterocycles. The molecule has 0 amide bonds. The van der Waals surface area contributed by atoms with E-state index in [1.54, 1.807) is 6.20 Å². The molecule has 4 nitrogen and oxygen atoms in total. The largest absolute Gasteiger partial charge is 0.399 e. The molecular weight excluding hydrogens is 236 g/mol. The molecule has 1 aromatic carbocycles. The number of hydrogen-bond acceptors (Lipinski definition) is 3. The van der Waals surface area contributed by atoms with Crippen molar-refractivity contribution in [2.45, 2.75) is 6.92 Å². The molecule has 0 aliphatic rings. The summed E-state index contributed by atoms with van der Waals surface area (Å²) in [5.74, 6) is 1.68. The van der Waals surface area contributed by atoms with E-state index >= 15 is 0 Å². The number of nitrogen functional groups attached to an aromatic ring is 1. The van der Waals surface area contributed by atoms with Crippen LogP contribution in [0.15, 0.2) is 55.0 Å². The minimum atomic E-state index is 0.726. The van der Waals surface area contributed by atoms with E-state index in [1.807, 2.05) is 60.3 Å². The molecule has 0 spiro atoms. The molecule has 0 unspecified atom stereocenters. The fourth-order valence-electron chi connectivity index (χ4n) is 1.98. The standard InChI is InChI=1S/C15H14N4/c1-11-5-6-14(18-10-11)19-8-7-17-15(19)12-3-2-4-13(16)9-12/h2-10H,16H2,1H3. The van der Waals surface area contributed by atoms with Crippen molar-refractivity contribution in [2.24, 2.45) is 0 Å². The molecule has 0 atom stereocenters. The van der Waals surface area contributed by atoms with Gasteiger partial charge in [-0.15, -0.1) is 0 Å². The van der Waals surface area contributed by atoms with Crippen LogP contribution < -0.4 is 5.73 Å². The summed E-state index contributed by atoms with van der Waals surface area (Å²) in [6, 6.07) is 11.7. The van der Waals surface area contributed by atoms with Gasteiger partial charge in [0, 0.05) is 29.8 Å². The molecule has 2 aromatic heterocycles. The maximum atomic E-state index is 5.82. The highest BCUT2D eigenvalue weighted by atomic mass is 15.1. The lowest BCUT2D eigenvalue weighted by atomic mass is 10.2. The van der Waals surface area contributed by atoms with Gasteiger partial charge in [-0.1, -0.05) is 18.2 Å². The molecule has 0 fully saturated rings. The Balaban J connectivity index is 2.10. The lowest BCUT2D eigenvalue weighted by molar-refractivity contribution is 0.997. The van der Waals surface area contributed by atoms with Gasteiger partial charge in [0.1, 0.15) is 11.6 Å². The summed E-state index contributed by atoms with van der Waals surface area (Å²) in [5.41, 5.74) is 8.66.